The summed E-state index contributed by atoms with van der Waals surface area (Å²) in [6, 6.07) is 0.462. The lowest BCUT2D eigenvalue weighted by Crippen LogP contribution is -2.40. The molecule has 2 heteroatoms. The zero-order valence-corrected chi connectivity index (χ0v) is 18.2. The number of unbranched alkanes of at least 4 members (excludes halogenated alkanes) is 4. The van der Waals surface area contributed by atoms with Crippen molar-refractivity contribution in [2.75, 3.05) is 0 Å². The number of amides is 1. The van der Waals surface area contributed by atoms with Gasteiger partial charge in [0.05, 0.1) is 0 Å². The minimum atomic E-state index is 0.263. The summed E-state index contributed by atoms with van der Waals surface area (Å²) in [4.78, 5) is 12.8. The monoisotopic (exact) mass is 365 g/mol. The van der Waals surface area contributed by atoms with Crippen LogP contribution in [0.25, 0.3) is 0 Å². The summed E-state index contributed by atoms with van der Waals surface area (Å²) < 4.78 is 0. The zero-order chi connectivity index (χ0) is 19.0. The average molecular weight is 366 g/mol. The van der Waals surface area contributed by atoms with E-state index in [0.717, 1.165) is 18.8 Å². The van der Waals surface area contributed by atoms with E-state index in [1.807, 2.05) is 0 Å². The van der Waals surface area contributed by atoms with Crippen molar-refractivity contribution in [2.45, 2.75) is 136 Å². The summed E-state index contributed by atoms with van der Waals surface area (Å²) in [5, 5.41) is 3.40. The molecule has 0 spiro atoms. The maximum atomic E-state index is 12.8. The van der Waals surface area contributed by atoms with Gasteiger partial charge in [0.1, 0.15) is 0 Å². The van der Waals surface area contributed by atoms with Crippen molar-refractivity contribution in [1.29, 1.82) is 0 Å². The van der Waals surface area contributed by atoms with Crippen LogP contribution in [-0.4, -0.2) is 11.9 Å². The number of nitrogens with one attached hydrogen (secondary N) is 1. The fourth-order valence-corrected chi connectivity index (χ4v) is 4.48. The van der Waals surface area contributed by atoms with Crippen LogP contribution in [0, 0.1) is 11.8 Å². The highest BCUT2D eigenvalue weighted by atomic mass is 16.1. The molecule has 1 rings (SSSR count). The Balaban J connectivity index is 2.34. The van der Waals surface area contributed by atoms with Crippen molar-refractivity contribution in [1.82, 2.24) is 5.32 Å². The highest BCUT2D eigenvalue weighted by molar-refractivity contribution is 5.78. The average Bonchev–Trinajstić information content (AvgIpc) is 2.66. The molecule has 0 aromatic heterocycles. The highest BCUT2D eigenvalue weighted by Gasteiger charge is 2.22. The second kappa shape index (κ2) is 15.5. The topological polar surface area (TPSA) is 29.1 Å². The largest absolute Gasteiger partial charge is 0.353 e. The molecule has 1 aliphatic carbocycles. The Morgan fingerprint density at radius 3 is 2.00 bits per heavy atom. The van der Waals surface area contributed by atoms with Gasteiger partial charge in [0.2, 0.25) is 5.91 Å². The molecule has 0 aliphatic heterocycles. The van der Waals surface area contributed by atoms with Crippen molar-refractivity contribution in [3.63, 3.8) is 0 Å². The van der Waals surface area contributed by atoms with Crippen LogP contribution in [-0.2, 0) is 4.79 Å². The van der Waals surface area contributed by atoms with Crippen molar-refractivity contribution < 1.29 is 4.79 Å². The van der Waals surface area contributed by atoms with Crippen LogP contribution >= 0.6 is 0 Å². The maximum Gasteiger partial charge on any atom is 0.223 e. The minimum absolute atomic E-state index is 0.263. The predicted molar refractivity (Wildman–Crippen MR) is 114 cm³/mol. The van der Waals surface area contributed by atoms with E-state index in [0.29, 0.717) is 11.9 Å². The molecule has 1 saturated carbocycles. The van der Waals surface area contributed by atoms with E-state index in [4.69, 9.17) is 0 Å². The van der Waals surface area contributed by atoms with Gasteiger partial charge >= 0.3 is 0 Å². The van der Waals surface area contributed by atoms with Gasteiger partial charge in [-0.05, 0) is 31.6 Å². The standard InChI is InChI=1S/C24H47NO/c1-4-7-10-17-22(24(26)25-23-19-11-9-12-20-23)18-14-13-16-21(6-3)15-8-5-2/h21-23H,4-20H2,1-3H3,(H,25,26)/t21-,22-/m0/s1. The third-order valence-electron chi connectivity index (χ3n) is 6.44. The van der Waals surface area contributed by atoms with Crippen LogP contribution < -0.4 is 5.32 Å². The van der Waals surface area contributed by atoms with Crippen LogP contribution in [0.15, 0.2) is 0 Å². The molecular formula is C24H47NO. The number of carbonyl (C=O) groups is 1. The van der Waals surface area contributed by atoms with E-state index >= 15 is 0 Å². The van der Waals surface area contributed by atoms with E-state index in [2.05, 4.69) is 26.1 Å². The molecule has 2 atom stereocenters. The Bertz CT molecular complexity index is 335. The number of carbonyl (C=O) groups excluding carboxylic acids is 1. The van der Waals surface area contributed by atoms with Gasteiger partial charge in [0.15, 0.2) is 0 Å². The van der Waals surface area contributed by atoms with Gasteiger partial charge in [-0.1, -0.05) is 104 Å². The smallest absolute Gasteiger partial charge is 0.223 e. The molecule has 0 saturated heterocycles. The van der Waals surface area contributed by atoms with Crippen LogP contribution in [0.5, 0.6) is 0 Å². The van der Waals surface area contributed by atoms with Gasteiger partial charge in [0.25, 0.3) is 0 Å². The van der Waals surface area contributed by atoms with Crippen molar-refractivity contribution in [2.24, 2.45) is 11.8 Å². The Morgan fingerprint density at radius 2 is 1.38 bits per heavy atom. The first-order valence-corrected chi connectivity index (χ1v) is 12.0. The summed E-state index contributed by atoms with van der Waals surface area (Å²) >= 11 is 0. The summed E-state index contributed by atoms with van der Waals surface area (Å²) in [6.45, 7) is 6.88. The van der Waals surface area contributed by atoms with Crippen LogP contribution in [0.2, 0.25) is 0 Å². The molecule has 1 amide bonds. The molecule has 1 fully saturated rings. The molecule has 0 bridgehead atoms. The van der Waals surface area contributed by atoms with Crippen molar-refractivity contribution in [3.8, 4) is 0 Å². The quantitative estimate of drug-likeness (QED) is 0.301. The Morgan fingerprint density at radius 1 is 0.808 bits per heavy atom. The molecule has 0 heterocycles. The Labute approximate surface area is 164 Å². The first-order chi connectivity index (χ1) is 12.7. The summed E-state index contributed by atoms with van der Waals surface area (Å²) in [5.41, 5.74) is 0. The van der Waals surface area contributed by atoms with Crippen molar-refractivity contribution >= 4 is 5.91 Å². The molecule has 0 radical (unpaired) electrons. The molecule has 154 valence electrons. The van der Waals surface area contributed by atoms with Crippen molar-refractivity contribution in [3.05, 3.63) is 0 Å². The Hall–Kier alpha value is -0.530. The third kappa shape index (κ3) is 10.6. The van der Waals surface area contributed by atoms with E-state index < -0.39 is 0 Å². The second-order valence-electron chi connectivity index (χ2n) is 8.74. The predicted octanol–water partition coefficient (Wildman–Crippen LogP) is 7.41. The van der Waals surface area contributed by atoms with Gasteiger partial charge in [-0.15, -0.1) is 0 Å². The summed E-state index contributed by atoms with van der Waals surface area (Å²) in [7, 11) is 0. The molecule has 26 heavy (non-hydrogen) atoms. The van der Waals surface area contributed by atoms with Gasteiger partial charge in [-0.3, -0.25) is 4.79 Å². The van der Waals surface area contributed by atoms with Gasteiger partial charge < -0.3 is 5.32 Å². The number of hydrogen-bond acceptors (Lipinski definition) is 1. The first kappa shape index (κ1) is 23.5. The maximum absolute atomic E-state index is 12.8. The molecule has 0 unspecified atom stereocenters. The molecule has 1 aliphatic rings. The van der Waals surface area contributed by atoms with Crippen LogP contribution in [0.1, 0.15) is 130 Å². The summed E-state index contributed by atoms with van der Waals surface area (Å²) in [6.07, 6.45) is 21.6. The van der Waals surface area contributed by atoms with Gasteiger partial charge in [-0.2, -0.15) is 0 Å². The second-order valence-corrected chi connectivity index (χ2v) is 8.74. The van der Waals surface area contributed by atoms with Gasteiger partial charge in [0, 0.05) is 12.0 Å². The molecule has 1 N–H and O–H groups in total. The Kier molecular flexibility index (Phi) is 14.0. The lowest BCUT2D eigenvalue weighted by Gasteiger charge is -2.26. The van der Waals surface area contributed by atoms with E-state index in [1.54, 1.807) is 0 Å². The fourth-order valence-electron chi connectivity index (χ4n) is 4.48. The minimum Gasteiger partial charge on any atom is -0.353 e. The summed E-state index contributed by atoms with van der Waals surface area (Å²) in [5.74, 6) is 1.54. The van der Waals surface area contributed by atoms with E-state index in [1.165, 1.54) is 96.3 Å². The lowest BCUT2D eigenvalue weighted by molar-refractivity contribution is -0.126. The number of rotatable bonds is 15. The molecular weight excluding hydrogens is 318 g/mol. The number of hydrogen-bond donors (Lipinski definition) is 1. The normalized spacial score (nSPS) is 17.8. The molecule has 2 nitrogen and oxygen atoms in total. The highest BCUT2D eigenvalue weighted by Crippen LogP contribution is 2.24. The zero-order valence-electron chi connectivity index (χ0n) is 18.2. The first-order valence-electron chi connectivity index (χ1n) is 12.0. The third-order valence-corrected chi connectivity index (χ3v) is 6.44. The van der Waals surface area contributed by atoms with Crippen LogP contribution in [0.4, 0.5) is 0 Å². The SMILES string of the molecule is CCCCC[C@@H](CCCC[C@@H](CC)CCCC)C(=O)NC1CCCCC1. The van der Waals surface area contributed by atoms with Crippen LogP contribution in [0.3, 0.4) is 0 Å². The van der Waals surface area contributed by atoms with Gasteiger partial charge in [-0.25, -0.2) is 0 Å². The fraction of sp³-hybridized carbons (Fsp3) is 0.958. The molecule has 0 aromatic rings. The van der Waals surface area contributed by atoms with E-state index in [-0.39, 0.29) is 5.92 Å². The lowest BCUT2D eigenvalue weighted by atomic mass is 9.89. The molecule has 0 aromatic carbocycles. The van der Waals surface area contributed by atoms with E-state index in [9.17, 15) is 4.79 Å².